The minimum atomic E-state index is -0.561. The van der Waals surface area contributed by atoms with Crippen LogP contribution in [0.3, 0.4) is 0 Å². The molecule has 1 heterocycles. The van der Waals surface area contributed by atoms with Gasteiger partial charge in [-0.05, 0) is 41.8 Å². The van der Waals surface area contributed by atoms with Gasteiger partial charge in [-0.1, -0.05) is 40.2 Å². The van der Waals surface area contributed by atoms with Crippen molar-refractivity contribution in [3.05, 3.63) is 64.1 Å². The number of esters is 1. The van der Waals surface area contributed by atoms with Gasteiger partial charge in [0.25, 0.3) is 5.91 Å². The zero-order valence-electron chi connectivity index (χ0n) is 13.6. The predicted octanol–water partition coefficient (Wildman–Crippen LogP) is 2.96. The summed E-state index contributed by atoms with van der Waals surface area (Å²) in [4.78, 5) is 25.7. The zero-order valence-corrected chi connectivity index (χ0v) is 15.2. The summed E-state index contributed by atoms with van der Waals surface area (Å²) >= 11 is 3.32. The number of halogens is 1. The van der Waals surface area contributed by atoms with Crippen molar-refractivity contribution in [2.24, 2.45) is 0 Å². The molecule has 2 aromatic rings. The predicted molar refractivity (Wildman–Crippen MR) is 96.2 cm³/mol. The van der Waals surface area contributed by atoms with Gasteiger partial charge in [0, 0.05) is 17.6 Å². The molecule has 0 fully saturated rings. The monoisotopic (exact) mass is 403 g/mol. The Bertz CT molecular complexity index is 760. The largest absolute Gasteiger partial charge is 0.482 e. The summed E-state index contributed by atoms with van der Waals surface area (Å²) in [6, 6.07) is 15.2. The van der Waals surface area contributed by atoms with E-state index in [-0.39, 0.29) is 19.1 Å². The normalized spacial score (nSPS) is 13.1. The van der Waals surface area contributed by atoms with E-state index in [2.05, 4.69) is 22.0 Å². The number of benzene rings is 2. The summed E-state index contributed by atoms with van der Waals surface area (Å²) in [6.07, 6.45) is 0.822. The average molecular weight is 404 g/mol. The fraction of sp³-hybridized carbons (Fsp3) is 0.263. The van der Waals surface area contributed by atoms with E-state index in [1.807, 2.05) is 30.3 Å². The first-order valence-electron chi connectivity index (χ1n) is 8.00. The van der Waals surface area contributed by atoms with Crippen molar-refractivity contribution >= 4 is 27.8 Å². The molecule has 0 atom stereocenters. The first kappa shape index (κ1) is 17.5. The van der Waals surface area contributed by atoms with Crippen molar-refractivity contribution in [2.75, 3.05) is 19.8 Å². The highest BCUT2D eigenvalue weighted by Gasteiger charge is 2.21. The van der Waals surface area contributed by atoms with E-state index in [9.17, 15) is 9.59 Å². The Hall–Kier alpha value is -2.34. The van der Waals surface area contributed by atoms with Crippen molar-refractivity contribution < 1.29 is 19.1 Å². The Morgan fingerprint density at radius 3 is 2.48 bits per heavy atom. The average Bonchev–Trinajstić information content (AvgIpc) is 2.65. The lowest BCUT2D eigenvalue weighted by atomic mass is 10.00. The lowest BCUT2D eigenvalue weighted by Crippen LogP contribution is -2.38. The van der Waals surface area contributed by atoms with Gasteiger partial charge in [0.05, 0.1) is 0 Å². The maximum atomic E-state index is 12.2. The molecule has 3 rings (SSSR count). The third-order valence-electron chi connectivity index (χ3n) is 4.01. The summed E-state index contributed by atoms with van der Waals surface area (Å²) in [5, 5.41) is 0. The van der Waals surface area contributed by atoms with Gasteiger partial charge >= 0.3 is 5.97 Å². The molecule has 25 heavy (non-hydrogen) atoms. The Balaban J connectivity index is 1.43. The topological polar surface area (TPSA) is 55.8 Å². The van der Waals surface area contributed by atoms with Crippen LogP contribution in [0, 0.1) is 0 Å². The van der Waals surface area contributed by atoms with Gasteiger partial charge in [-0.25, -0.2) is 4.79 Å². The van der Waals surface area contributed by atoms with Gasteiger partial charge in [0.15, 0.2) is 13.2 Å². The molecule has 0 saturated carbocycles. The van der Waals surface area contributed by atoms with E-state index in [0.29, 0.717) is 18.8 Å². The molecule has 0 aromatic heterocycles. The smallest absolute Gasteiger partial charge is 0.344 e. The molecular weight excluding hydrogens is 386 g/mol. The summed E-state index contributed by atoms with van der Waals surface area (Å²) in [5.74, 6) is -0.181. The zero-order chi connectivity index (χ0) is 17.6. The number of carbonyl (C=O) groups is 2. The van der Waals surface area contributed by atoms with Crippen LogP contribution in [0.25, 0.3) is 0 Å². The fourth-order valence-electron chi connectivity index (χ4n) is 2.66. The fourth-order valence-corrected chi connectivity index (χ4v) is 2.92. The molecule has 0 N–H and O–H groups in total. The molecule has 0 aliphatic carbocycles. The van der Waals surface area contributed by atoms with Crippen LogP contribution < -0.4 is 4.74 Å². The summed E-state index contributed by atoms with van der Waals surface area (Å²) < 4.78 is 11.3. The van der Waals surface area contributed by atoms with Gasteiger partial charge in [-0.3, -0.25) is 4.79 Å². The number of nitrogens with zero attached hydrogens (tertiary/aromatic N) is 1. The molecule has 0 saturated heterocycles. The molecule has 0 spiro atoms. The van der Waals surface area contributed by atoms with Gasteiger partial charge in [-0.2, -0.15) is 0 Å². The molecule has 0 unspecified atom stereocenters. The first-order chi connectivity index (χ1) is 12.1. The van der Waals surface area contributed by atoms with Crippen LogP contribution in [0.1, 0.15) is 11.1 Å². The maximum absolute atomic E-state index is 12.2. The molecule has 6 heteroatoms. The molecule has 0 radical (unpaired) electrons. The number of hydrogen-bond donors (Lipinski definition) is 0. The Morgan fingerprint density at radius 2 is 1.72 bits per heavy atom. The van der Waals surface area contributed by atoms with Gasteiger partial charge in [0.1, 0.15) is 5.75 Å². The maximum Gasteiger partial charge on any atom is 0.344 e. The van der Waals surface area contributed by atoms with Crippen LogP contribution in [0.5, 0.6) is 5.75 Å². The number of amides is 1. The van der Waals surface area contributed by atoms with Crippen LogP contribution in [0.15, 0.2) is 53.0 Å². The minimum absolute atomic E-state index is 0.188. The quantitative estimate of drug-likeness (QED) is 0.720. The second-order valence-corrected chi connectivity index (χ2v) is 6.65. The third kappa shape index (κ3) is 4.82. The van der Waals surface area contributed by atoms with Crippen molar-refractivity contribution in [2.45, 2.75) is 13.0 Å². The van der Waals surface area contributed by atoms with Crippen molar-refractivity contribution in [3.8, 4) is 5.75 Å². The van der Waals surface area contributed by atoms with Crippen molar-refractivity contribution in [3.63, 3.8) is 0 Å². The highest BCUT2D eigenvalue weighted by molar-refractivity contribution is 9.10. The number of rotatable bonds is 5. The van der Waals surface area contributed by atoms with E-state index in [1.165, 1.54) is 5.56 Å². The standard InChI is InChI=1S/C19H18BrNO4/c20-16-5-7-17(8-6-16)24-13-19(23)25-12-18(22)21-10-9-14-3-1-2-4-15(14)11-21/h1-8H,9-13H2. The van der Waals surface area contributed by atoms with Crippen molar-refractivity contribution in [1.82, 2.24) is 4.90 Å². The highest BCUT2D eigenvalue weighted by atomic mass is 79.9. The van der Waals surface area contributed by atoms with Crippen LogP contribution >= 0.6 is 15.9 Å². The molecule has 130 valence electrons. The Labute approximate surface area is 154 Å². The Morgan fingerprint density at radius 1 is 1.00 bits per heavy atom. The number of ether oxygens (including phenoxy) is 2. The van der Waals surface area contributed by atoms with Gasteiger partial charge < -0.3 is 14.4 Å². The molecule has 1 amide bonds. The first-order valence-corrected chi connectivity index (χ1v) is 8.79. The number of carbonyl (C=O) groups excluding carboxylic acids is 2. The van der Waals surface area contributed by atoms with E-state index in [1.54, 1.807) is 17.0 Å². The molecule has 2 aromatic carbocycles. The summed E-state index contributed by atoms with van der Waals surface area (Å²) in [5.41, 5.74) is 2.42. The Kier molecular flexibility index (Phi) is 5.71. The van der Waals surface area contributed by atoms with E-state index >= 15 is 0 Å². The highest BCUT2D eigenvalue weighted by Crippen LogP contribution is 2.18. The van der Waals surface area contributed by atoms with Crippen LogP contribution in [0.2, 0.25) is 0 Å². The van der Waals surface area contributed by atoms with Crippen LogP contribution in [-0.2, 0) is 27.3 Å². The van der Waals surface area contributed by atoms with E-state index in [0.717, 1.165) is 16.5 Å². The minimum Gasteiger partial charge on any atom is -0.482 e. The van der Waals surface area contributed by atoms with E-state index in [4.69, 9.17) is 9.47 Å². The molecule has 1 aliphatic rings. The SMILES string of the molecule is O=C(COc1ccc(Br)cc1)OCC(=O)N1CCc2ccccc2C1. The molecular formula is C19H18BrNO4. The second kappa shape index (κ2) is 8.16. The van der Waals surface area contributed by atoms with Crippen LogP contribution in [-0.4, -0.2) is 36.5 Å². The number of hydrogen-bond acceptors (Lipinski definition) is 4. The number of fused-ring (bicyclic) bond motifs is 1. The summed E-state index contributed by atoms with van der Waals surface area (Å²) in [7, 11) is 0. The second-order valence-electron chi connectivity index (χ2n) is 5.74. The molecule has 0 bridgehead atoms. The van der Waals surface area contributed by atoms with Crippen molar-refractivity contribution in [1.29, 1.82) is 0 Å². The van der Waals surface area contributed by atoms with Crippen LogP contribution in [0.4, 0.5) is 0 Å². The lowest BCUT2D eigenvalue weighted by molar-refractivity contribution is -0.154. The molecule has 1 aliphatic heterocycles. The van der Waals surface area contributed by atoms with Gasteiger partial charge in [0.2, 0.25) is 0 Å². The third-order valence-corrected chi connectivity index (χ3v) is 4.54. The molecule has 5 nitrogen and oxygen atoms in total. The van der Waals surface area contributed by atoms with Gasteiger partial charge in [-0.15, -0.1) is 0 Å². The summed E-state index contributed by atoms with van der Waals surface area (Å²) in [6.45, 7) is 0.715. The lowest BCUT2D eigenvalue weighted by Gasteiger charge is -2.28. The van der Waals surface area contributed by atoms with E-state index < -0.39 is 5.97 Å².